The number of nitrogens with one attached hydrogen (secondary N) is 1. The van der Waals surface area contributed by atoms with Crippen LogP contribution in [0, 0.1) is 6.92 Å². The molecule has 2 amide bonds. The zero-order valence-corrected chi connectivity index (χ0v) is 16.4. The lowest BCUT2D eigenvalue weighted by atomic mass is 10.2. The minimum Gasteiger partial charge on any atom is -0.366 e. The predicted octanol–water partition coefficient (Wildman–Crippen LogP) is 2.85. The molecule has 0 saturated carbocycles. The summed E-state index contributed by atoms with van der Waals surface area (Å²) in [7, 11) is 0. The highest BCUT2D eigenvalue weighted by Gasteiger charge is 2.19. The second-order valence-corrected chi connectivity index (χ2v) is 7.60. The van der Waals surface area contributed by atoms with E-state index in [1.165, 1.54) is 11.8 Å². The molecule has 8 heteroatoms. The molecule has 7 nitrogen and oxygen atoms in total. The van der Waals surface area contributed by atoms with Gasteiger partial charge in [0, 0.05) is 11.3 Å². The molecule has 0 fully saturated rings. The van der Waals surface area contributed by atoms with Crippen LogP contribution in [0.1, 0.15) is 28.7 Å². The fourth-order valence-electron chi connectivity index (χ4n) is 2.57. The maximum absolute atomic E-state index is 12.5. The molecular formula is C20H21N5O2S. The molecule has 1 atom stereocenters. The molecule has 3 rings (SSSR count). The Kier molecular flexibility index (Phi) is 6.10. The van der Waals surface area contributed by atoms with Crippen molar-refractivity contribution in [1.82, 2.24) is 14.8 Å². The van der Waals surface area contributed by atoms with Gasteiger partial charge in [0.15, 0.2) is 5.16 Å². The highest BCUT2D eigenvalue weighted by atomic mass is 32.2. The Morgan fingerprint density at radius 3 is 2.43 bits per heavy atom. The van der Waals surface area contributed by atoms with Gasteiger partial charge in [-0.2, -0.15) is 0 Å². The number of hydrogen-bond acceptors (Lipinski definition) is 5. The van der Waals surface area contributed by atoms with E-state index in [-0.39, 0.29) is 11.2 Å². The van der Waals surface area contributed by atoms with Gasteiger partial charge in [-0.15, -0.1) is 10.2 Å². The molecular weight excluding hydrogens is 374 g/mol. The maximum Gasteiger partial charge on any atom is 0.248 e. The molecule has 0 aliphatic heterocycles. The summed E-state index contributed by atoms with van der Waals surface area (Å²) in [5.41, 5.74) is 7.36. The van der Waals surface area contributed by atoms with Crippen LogP contribution in [0.4, 0.5) is 5.69 Å². The highest BCUT2D eigenvalue weighted by molar-refractivity contribution is 8.00. The number of nitrogens with zero attached hydrogens (tertiary/aromatic N) is 3. The Balaban J connectivity index is 1.66. The number of amides is 2. The largest absolute Gasteiger partial charge is 0.366 e. The van der Waals surface area contributed by atoms with Crippen LogP contribution in [0.3, 0.4) is 0 Å². The number of carbonyl (C=O) groups excluding carboxylic acids is 2. The third-order valence-corrected chi connectivity index (χ3v) is 5.25. The van der Waals surface area contributed by atoms with Gasteiger partial charge in [0.25, 0.3) is 0 Å². The van der Waals surface area contributed by atoms with Crippen molar-refractivity contribution in [3.63, 3.8) is 0 Å². The van der Waals surface area contributed by atoms with Gasteiger partial charge in [-0.3, -0.25) is 9.59 Å². The van der Waals surface area contributed by atoms with Crippen molar-refractivity contribution in [2.75, 3.05) is 5.32 Å². The number of benzene rings is 2. The van der Waals surface area contributed by atoms with E-state index in [9.17, 15) is 9.59 Å². The molecule has 0 saturated heterocycles. The van der Waals surface area contributed by atoms with E-state index in [2.05, 4.69) is 15.5 Å². The fraction of sp³-hybridized carbons (Fsp3) is 0.200. The minimum atomic E-state index is -0.505. The highest BCUT2D eigenvalue weighted by Crippen LogP contribution is 2.24. The van der Waals surface area contributed by atoms with Crippen molar-refractivity contribution >= 4 is 29.3 Å². The van der Waals surface area contributed by atoms with Gasteiger partial charge in [0.2, 0.25) is 11.8 Å². The van der Waals surface area contributed by atoms with E-state index in [1.54, 1.807) is 24.3 Å². The van der Waals surface area contributed by atoms with Gasteiger partial charge in [0.05, 0.1) is 11.8 Å². The Morgan fingerprint density at radius 2 is 1.79 bits per heavy atom. The van der Waals surface area contributed by atoms with Gasteiger partial charge in [-0.05, 0) is 43.7 Å². The summed E-state index contributed by atoms with van der Waals surface area (Å²) in [6.07, 6.45) is 0. The van der Waals surface area contributed by atoms with Gasteiger partial charge < -0.3 is 15.6 Å². The van der Waals surface area contributed by atoms with Gasteiger partial charge >= 0.3 is 0 Å². The number of aromatic nitrogens is 3. The van der Waals surface area contributed by atoms with Crippen LogP contribution >= 0.6 is 11.8 Å². The first-order chi connectivity index (χ1) is 13.4. The van der Waals surface area contributed by atoms with Crippen molar-refractivity contribution in [2.24, 2.45) is 5.73 Å². The van der Waals surface area contributed by atoms with E-state index in [4.69, 9.17) is 5.73 Å². The Bertz CT molecular complexity index is 970. The topological polar surface area (TPSA) is 103 Å². The van der Waals surface area contributed by atoms with Crippen LogP contribution in [0.5, 0.6) is 0 Å². The average molecular weight is 395 g/mol. The zero-order valence-electron chi connectivity index (χ0n) is 15.6. The zero-order chi connectivity index (χ0) is 20.1. The van der Waals surface area contributed by atoms with Gasteiger partial charge in [-0.25, -0.2) is 0 Å². The van der Waals surface area contributed by atoms with Crippen molar-refractivity contribution < 1.29 is 9.59 Å². The van der Waals surface area contributed by atoms with Crippen LogP contribution in [0.25, 0.3) is 0 Å². The lowest BCUT2D eigenvalue weighted by molar-refractivity contribution is -0.115. The number of hydrogen-bond donors (Lipinski definition) is 2. The number of nitrogens with two attached hydrogens (primary N) is 1. The molecule has 3 aromatic rings. The third kappa shape index (κ3) is 4.77. The summed E-state index contributed by atoms with van der Waals surface area (Å²) in [5.74, 6) is 0.125. The van der Waals surface area contributed by atoms with Crippen LogP contribution in [-0.4, -0.2) is 31.8 Å². The monoisotopic (exact) mass is 395 g/mol. The Hall–Kier alpha value is -3.13. The molecule has 1 aromatic heterocycles. The SMILES string of the molecule is Cc1nnc(S[C@@H](C)C(=O)Nc2ccc(C(N)=O)cc2)n1Cc1ccccc1. The standard InChI is InChI=1S/C20H21N5O2S/c1-13(19(27)22-17-10-8-16(9-11-17)18(21)26)28-20-24-23-14(2)25(20)12-15-6-4-3-5-7-15/h3-11,13H,12H2,1-2H3,(H2,21,26)(H,22,27)/t13-/m0/s1. The van der Waals surface area contributed by atoms with E-state index in [0.29, 0.717) is 23.0 Å². The molecule has 28 heavy (non-hydrogen) atoms. The number of rotatable bonds is 7. The van der Waals surface area contributed by atoms with Crippen molar-refractivity contribution in [1.29, 1.82) is 0 Å². The lowest BCUT2D eigenvalue weighted by Crippen LogP contribution is -2.23. The second-order valence-electron chi connectivity index (χ2n) is 6.29. The molecule has 0 radical (unpaired) electrons. The van der Waals surface area contributed by atoms with Crippen molar-refractivity contribution in [3.8, 4) is 0 Å². The van der Waals surface area contributed by atoms with Crippen LogP contribution in [0.2, 0.25) is 0 Å². The van der Waals surface area contributed by atoms with E-state index >= 15 is 0 Å². The normalized spacial score (nSPS) is 11.8. The summed E-state index contributed by atoms with van der Waals surface area (Å²) >= 11 is 1.35. The molecule has 0 aliphatic rings. The van der Waals surface area contributed by atoms with E-state index in [0.717, 1.165) is 11.4 Å². The first-order valence-electron chi connectivity index (χ1n) is 8.75. The first kappa shape index (κ1) is 19.6. The van der Waals surface area contributed by atoms with E-state index < -0.39 is 5.91 Å². The Labute approximate surface area is 167 Å². The molecule has 0 unspecified atom stereocenters. The molecule has 0 aliphatic carbocycles. The van der Waals surface area contributed by atoms with Gasteiger partial charge in [0.1, 0.15) is 5.82 Å². The summed E-state index contributed by atoms with van der Waals surface area (Å²) < 4.78 is 1.99. The van der Waals surface area contributed by atoms with Crippen LogP contribution in [-0.2, 0) is 11.3 Å². The predicted molar refractivity (Wildman–Crippen MR) is 109 cm³/mol. The van der Waals surface area contributed by atoms with Gasteiger partial charge in [-0.1, -0.05) is 42.1 Å². The smallest absolute Gasteiger partial charge is 0.248 e. The summed E-state index contributed by atoms with van der Waals surface area (Å²) in [4.78, 5) is 23.7. The molecule has 1 heterocycles. The Morgan fingerprint density at radius 1 is 1.11 bits per heavy atom. The summed E-state index contributed by atoms with van der Waals surface area (Å²) in [6.45, 7) is 4.35. The third-order valence-electron chi connectivity index (χ3n) is 4.17. The first-order valence-corrected chi connectivity index (χ1v) is 9.63. The number of anilines is 1. The molecule has 144 valence electrons. The number of aryl methyl sites for hydroxylation is 1. The fourth-order valence-corrected chi connectivity index (χ4v) is 3.46. The molecule has 0 bridgehead atoms. The van der Waals surface area contributed by atoms with Crippen molar-refractivity contribution in [2.45, 2.75) is 30.8 Å². The average Bonchev–Trinajstić information content (AvgIpc) is 3.02. The van der Waals surface area contributed by atoms with Crippen molar-refractivity contribution in [3.05, 3.63) is 71.5 Å². The van der Waals surface area contributed by atoms with Crippen LogP contribution in [0.15, 0.2) is 59.8 Å². The lowest BCUT2D eigenvalue weighted by Gasteiger charge is -2.13. The molecule has 2 aromatic carbocycles. The molecule has 0 spiro atoms. The van der Waals surface area contributed by atoms with E-state index in [1.807, 2.05) is 48.7 Å². The summed E-state index contributed by atoms with van der Waals surface area (Å²) in [6, 6.07) is 16.5. The maximum atomic E-state index is 12.5. The summed E-state index contributed by atoms with van der Waals surface area (Å²) in [5, 5.41) is 11.5. The number of thioether (sulfide) groups is 1. The quantitative estimate of drug-likeness (QED) is 0.599. The second kappa shape index (κ2) is 8.71. The van der Waals surface area contributed by atoms with Crippen LogP contribution < -0.4 is 11.1 Å². The number of carbonyl (C=O) groups is 2. The minimum absolute atomic E-state index is 0.163. The number of primary amides is 1. The molecule has 3 N–H and O–H groups in total.